The zero-order valence-electron chi connectivity index (χ0n) is 18.1. The summed E-state index contributed by atoms with van der Waals surface area (Å²) >= 11 is 0. The molecule has 0 atom stereocenters. The summed E-state index contributed by atoms with van der Waals surface area (Å²) < 4.78 is 31.5. The van der Waals surface area contributed by atoms with Gasteiger partial charge in [0.1, 0.15) is 16.4 Å². The third-order valence-corrected chi connectivity index (χ3v) is 7.24. The van der Waals surface area contributed by atoms with Crippen LogP contribution in [0.25, 0.3) is 4.91 Å². The molecule has 8 nitrogen and oxygen atoms in total. The molecule has 2 aromatic rings. The van der Waals surface area contributed by atoms with Gasteiger partial charge in [-0.1, -0.05) is 29.8 Å². The molecule has 2 aliphatic heterocycles. The van der Waals surface area contributed by atoms with E-state index in [1.54, 1.807) is 16.9 Å². The summed E-state index contributed by atoms with van der Waals surface area (Å²) in [5.41, 5.74) is 2.96. The Morgan fingerprint density at radius 3 is 2.48 bits per heavy atom. The number of hydrogen-bond acceptors (Lipinski definition) is 5. The number of carbonyl (C=O) groups is 1. The molecule has 1 saturated heterocycles. The van der Waals surface area contributed by atoms with Gasteiger partial charge in [0.2, 0.25) is 0 Å². The first-order valence-corrected chi connectivity index (χ1v) is 11.9. The van der Waals surface area contributed by atoms with E-state index < -0.39 is 10.0 Å². The highest BCUT2D eigenvalue weighted by atomic mass is 32.2. The first-order valence-electron chi connectivity index (χ1n) is 10.5. The van der Waals surface area contributed by atoms with E-state index in [4.69, 9.17) is 0 Å². The van der Waals surface area contributed by atoms with E-state index in [1.165, 1.54) is 0 Å². The normalized spacial score (nSPS) is 18.9. The van der Waals surface area contributed by atoms with Crippen LogP contribution in [0.5, 0.6) is 0 Å². The number of aromatic nitrogens is 2. The van der Waals surface area contributed by atoms with Gasteiger partial charge in [-0.2, -0.15) is 13.5 Å². The number of benzene rings is 1. The molecule has 1 fully saturated rings. The molecule has 0 spiro atoms. The van der Waals surface area contributed by atoms with E-state index in [0.717, 1.165) is 12.0 Å². The van der Waals surface area contributed by atoms with E-state index in [9.17, 15) is 13.2 Å². The second kappa shape index (κ2) is 8.30. The quantitative estimate of drug-likeness (QED) is 0.730. The number of rotatable bonds is 3. The fraction of sp³-hybridized carbons (Fsp3) is 0.409. The number of carbonyl (C=O) groups excluding carboxylic acids is 1. The average molecular weight is 442 g/mol. The number of sulfonamides is 1. The molecule has 0 N–H and O–H groups in total. The van der Waals surface area contributed by atoms with Crippen LogP contribution in [0.1, 0.15) is 41.9 Å². The molecule has 2 aliphatic rings. The van der Waals surface area contributed by atoms with Crippen molar-refractivity contribution in [2.45, 2.75) is 33.7 Å². The van der Waals surface area contributed by atoms with Crippen LogP contribution >= 0.6 is 0 Å². The largest absolute Gasteiger partial charge is 0.354 e. The van der Waals surface area contributed by atoms with E-state index in [1.807, 2.05) is 54.8 Å². The average Bonchev–Trinajstić information content (AvgIpc) is 3.21. The first kappa shape index (κ1) is 21.3. The van der Waals surface area contributed by atoms with Gasteiger partial charge in [-0.25, -0.2) is 0 Å². The van der Waals surface area contributed by atoms with Crippen molar-refractivity contribution in [1.82, 2.24) is 19.6 Å². The Balaban J connectivity index is 1.55. The molecular weight excluding hydrogens is 414 g/mol. The van der Waals surface area contributed by atoms with Gasteiger partial charge in [0.25, 0.3) is 15.9 Å². The highest BCUT2D eigenvalue weighted by molar-refractivity contribution is 8.00. The van der Waals surface area contributed by atoms with Crippen LogP contribution in [0.2, 0.25) is 0 Å². The number of amidine groups is 1. The smallest absolute Gasteiger partial charge is 0.285 e. The predicted octanol–water partition coefficient (Wildman–Crippen LogP) is 2.53. The molecule has 0 bridgehead atoms. The maximum Gasteiger partial charge on any atom is 0.285 e. The Morgan fingerprint density at radius 1 is 1.03 bits per heavy atom. The van der Waals surface area contributed by atoms with Crippen molar-refractivity contribution in [2.24, 2.45) is 4.40 Å². The fourth-order valence-electron chi connectivity index (χ4n) is 4.15. The monoisotopic (exact) mass is 441 g/mol. The Morgan fingerprint density at radius 2 is 1.77 bits per heavy atom. The molecule has 3 heterocycles. The summed E-state index contributed by atoms with van der Waals surface area (Å²) in [6.45, 7) is 8.64. The molecule has 1 aromatic carbocycles. The summed E-state index contributed by atoms with van der Waals surface area (Å²) in [6.07, 6.45) is 2.37. The maximum atomic E-state index is 13.0. The van der Waals surface area contributed by atoms with Crippen molar-refractivity contribution in [3.8, 4) is 0 Å². The Bertz CT molecular complexity index is 1160. The summed E-state index contributed by atoms with van der Waals surface area (Å²) in [5, 5.41) is 4.19. The molecule has 0 radical (unpaired) electrons. The minimum atomic E-state index is -3.75. The summed E-state index contributed by atoms with van der Waals surface area (Å²) in [5.74, 6) is 0.443. The molecule has 1 amide bonds. The first-order chi connectivity index (χ1) is 14.8. The van der Waals surface area contributed by atoms with Gasteiger partial charge < -0.3 is 9.80 Å². The van der Waals surface area contributed by atoms with Gasteiger partial charge >= 0.3 is 0 Å². The van der Waals surface area contributed by atoms with Crippen LogP contribution in [0, 0.1) is 6.92 Å². The van der Waals surface area contributed by atoms with E-state index in [0.29, 0.717) is 55.4 Å². The number of aryl methyl sites for hydroxylation is 2. The van der Waals surface area contributed by atoms with Gasteiger partial charge in [0.15, 0.2) is 0 Å². The Kier molecular flexibility index (Phi) is 5.70. The molecule has 9 heteroatoms. The van der Waals surface area contributed by atoms with E-state index in [-0.39, 0.29) is 10.8 Å². The van der Waals surface area contributed by atoms with Crippen molar-refractivity contribution >= 4 is 26.7 Å². The second-order valence-corrected chi connectivity index (χ2v) is 9.42. The lowest BCUT2D eigenvalue weighted by Gasteiger charge is -2.24. The van der Waals surface area contributed by atoms with Crippen molar-refractivity contribution in [1.29, 1.82) is 0 Å². The van der Waals surface area contributed by atoms with Gasteiger partial charge in [0.05, 0.1) is 0 Å². The zero-order chi connectivity index (χ0) is 22.2. The summed E-state index contributed by atoms with van der Waals surface area (Å²) in [7, 11) is -3.75. The minimum absolute atomic E-state index is 0.0465. The molecular formula is C22H27N5O3S. The number of hydrogen-bond donors (Lipinski definition) is 0. The molecule has 0 aliphatic carbocycles. The van der Waals surface area contributed by atoms with E-state index >= 15 is 0 Å². The molecule has 1 aromatic heterocycles. The standard InChI is InChI=1S/C22H27N5O3S/c1-4-27-19(10-11-23-27)22(28)26-13-5-12-25(14-15-26)21-17(3)20(31(29,30)24-21)18-8-6-16(2)7-9-18/h6-11H,4-5,12-15H2,1-3H3. The minimum Gasteiger partial charge on any atom is -0.354 e. The van der Waals surface area contributed by atoms with Gasteiger partial charge in [-0.05, 0) is 38.8 Å². The second-order valence-electron chi connectivity index (χ2n) is 7.88. The highest BCUT2D eigenvalue weighted by Gasteiger charge is 2.34. The predicted molar refractivity (Wildman–Crippen MR) is 120 cm³/mol. The van der Waals surface area contributed by atoms with Crippen molar-refractivity contribution in [3.05, 3.63) is 58.9 Å². The number of nitrogens with zero attached hydrogens (tertiary/aromatic N) is 5. The number of amides is 1. The molecule has 164 valence electrons. The van der Waals surface area contributed by atoms with E-state index in [2.05, 4.69) is 9.50 Å². The van der Waals surface area contributed by atoms with Crippen LogP contribution in [0.3, 0.4) is 0 Å². The lowest BCUT2D eigenvalue weighted by atomic mass is 10.1. The maximum absolute atomic E-state index is 13.0. The van der Waals surface area contributed by atoms with Gasteiger partial charge in [-0.15, -0.1) is 4.40 Å². The lowest BCUT2D eigenvalue weighted by molar-refractivity contribution is 0.0751. The van der Waals surface area contributed by atoms with Gasteiger partial charge in [-0.3, -0.25) is 9.48 Å². The van der Waals surface area contributed by atoms with Crippen molar-refractivity contribution in [2.75, 3.05) is 26.2 Å². The van der Waals surface area contributed by atoms with Crippen LogP contribution in [-0.4, -0.2) is 65.9 Å². The van der Waals surface area contributed by atoms with Crippen molar-refractivity contribution < 1.29 is 13.2 Å². The third kappa shape index (κ3) is 4.01. The molecule has 4 rings (SSSR count). The summed E-state index contributed by atoms with van der Waals surface area (Å²) in [4.78, 5) is 17.0. The topological polar surface area (TPSA) is 87.9 Å². The third-order valence-electron chi connectivity index (χ3n) is 5.77. The Labute approximate surface area is 182 Å². The van der Waals surface area contributed by atoms with Crippen LogP contribution in [0.4, 0.5) is 0 Å². The zero-order valence-corrected chi connectivity index (χ0v) is 18.9. The van der Waals surface area contributed by atoms with Crippen molar-refractivity contribution in [3.63, 3.8) is 0 Å². The lowest BCUT2D eigenvalue weighted by Crippen LogP contribution is -2.38. The fourth-order valence-corrected chi connectivity index (χ4v) is 5.63. The summed E-state index contributed by atoms with van der Waals surface area (Å²) in [6, 6.07) is 9.19. The van der Waals surface area contributed by atoms with Crippen LogP contribution in [-0.2, 0) is 16.6 Å². The molecule has 31 heavy (non-hydrogen) atoms. The molecule has 0 saturated carbocycles. The van der Waals surface area contributed by atoms with Crippen LogP contribution < -0.4 is 0 Å². The molecule has 0 unspecified atom stereocenters. The Hall–Kier alpha value is -2.94. The van der Waals surface area contributed by atoms with Gasteiger partial charge in [0, 0.05) is 44.5 Å². The highest BCUT2D eigenvalue weighted by Crippen LogP contribution is 2.34. The van der Waals surface area contributed by atoms with Crippen LogP contribution in [0.15, 0.2) is 46.5 Å². The SMILES string of the molecule is CCn1nccc1C(=O)N1CCCN(C2=NS(=O)(=O)C(c3ccc(C)cc3)=C2C)CC1.